The average molecular weight is 715 g/mol. The summed E-state index contributed by atoms with van der Waals surface area (Å²) in [6.07, 6.45) is 0.730. The number of imidazole rings is 2. The van der Waals surface area contributed by atoms with Gasteiger partial charge in [-0.3, -0.25) is 30.9 Å². The van der Waals surface area contributed by atoms with E-state index in [0.29, 0.717) is 11.6 Å². The number of imide groups is 2. The Morgan fingerprint density at radius 1 is 0.519 bits per heavy atom. The Morgan fingerprint density at radius 2 is 0.827 bits per heavy atom. The average Bonchev–Trinajstić information content (AvgIpc) is 3.75. The minimum atomic E-state index is -1.39. The maximum absolute atomic E-state index is 12.6. The standard InChI is InChI=1S/C38H50N8O6/c1-19(2)29(43-31(21(5)6)35(47)45-37(49)50)33-39-17-27(41-33)25-13-9-23(10-14-25)24-11-15-26(16-12-24)28-18-40-34(42-28)30(20(3)4)44-32(22(7)8)36(48)46-38(51)52/h9-22,29-32,43-44H,1-8H3,(H,39,41)(H,40,42)(H,45,47)(H,46,48)(H,49,50)(H,51,52)/t29-,30?,31-,32?/m1/s1. The summed E-state index contributed by atoms with van der Waals surface area (Å²) in [6.45, 7) is 15.5. The summed E-state index contributed by atoms with van der Waals surface area (Å²) in [7, 11) is 0. The van der Waals surface area contributed by atoms with E-state index in [9.17, 15) is 19.2 Å². The molecule has 2 heterocycles. The van der Waals surface area contributed by atoms with Crippen molar-refractivity contribution in [3.05, 3.63) is 72.6 Å². The Bertz CT molecular complexity index is 1690. The van der Waals surface area contributed by atoms with Crippen molar-refractivity contribution in [1.82, 2.24) is 41.2 Å². The largest absolute Gasteiger partial charge is 0.465 e. The summed E-state index contributed by atoms with van der Waals surface area (Å²) in [6, 6.07) is 14.1. The van der Waals surface area contributed by atoms with Crippen LogP contribution in [-0.4, -0.2) is 66.2 Å². The molecule has 2 aromatic heterocycles. The van der Waals surface area contributed by atoms with Gasteiger partial charge in [0, 0.05) is 0 Å². The van der Waals surface area contributed by atoms with Gasteiger partial charge in [-0.2, -0.15) is 0 Å². The fraction of sp³-hybridized carbons (Fsp3) is 0.421. The number of benzene rings is 2. The molecule has 8 N–H and O–H groups in total. The van der Waals surface area contributed by atoms with Crippen molar-refractivity contribution in [3.8, 4) is 33.6 Å². The van der Waals surface area contributed by atoms with E-state index < -0.39 is 36.1 Å². The van der Waals surface area contributed by atoms with E-state index >= 15 is 0 Å². The fourth-order valence-corrected chi connectivity index (χ4v) is 6.04. The number of aromatic nitrogens is 4. The summed E-state index contributed by atoms with van der Waals surface area (Å²) in [5.74, 6) is -0.0960. The number of carbonyl (C=O) groups is 4. The number of hydrogen-bond donors (Lipinski definition) is 8. The van der Waals surface area contributed by atoms with Gasteiger partial charge in [-0.1, -0.05) is 104 Å². The first kappa shape index (κ1) is 39.4. The lowest BCUT2D eigenvalue weighted by molar-refractivity contribution is -0.124. The number of nitrogens with zero attached hydrogens (tertiary/aromatic N) is 2. The van der Waals surface area contributed by atoms with Crippen LogP contribution in [0, 0.1) is 23.7 Å². The van der Waals surface area contributed by atoms with E-state index in [-0.39, 0.29) is 35.8 Å². The van der Waals surface area contributed by atoms with E-state index in [2.05, 4.69) is 30.6 Å². The van der Waals surface area contributed by atoms with Crippen LogP contribution in [0.4, 0.5) is 9.59 Å². The predicted molar refractivity (Wildman–Crippen MR) is 198 cm³/mol. The second kappa shape index (κ2) is 17.2. The van der Waals surface area contributed by atoms with Gasteiger partial charge in [-0.25, -0.2) is 19.6 Å². The van der Waals surface area contributed by atoms with Gasteiger partial charge < -0.3 is 20.2 Å². The number of amides is 4. The van der Waals surface area contributed by atoms with Gasteiger partial charge in [0.1, 0.15) is 11.6 Å². The smallest absolute Gasteiger partial charge is 0.411 e. The van der Waals surface area contributed by atoms with Crippen molar-refractivity contribution in [2.24, 2.45) is 23.7 Å². The topological polar surface area (TPSA) is 214 Å². The fourth-order valence-electron chi connectivity index (χ4n) is 6.04. The normalized spacial score (nSPS) is 14.0. The molecule has 14 nitrogen and oxygen atoms in total. The Hall–Kier alpha value is -5.34. The molecule has 278 valence electrons. The van der Waals surface area contributed by atoms with Crippen LogP contribution < -0.4 is 21.3 Å². The molecule has 0 radical (unpaired) electrons. The molecule has 0 spiro atoms. The number of carboxylic acid groups (broad SMARTS) is 2. The van der Waals surface area contributed by atoms with Gasteiger partial charge in [0.2, 0.25) is 11.8 Å². The summed E-state index contributed by atoms with van der Waals surface area (Å²) >= 11 is 0. The molecule has 0 aliphatic rings. The van der Waals surface area contributed by atoms with Gasteiger partial charge in [-0.15, -0.1) is 0 Å². The minimum absolute atomic E-state index is 0.0563. The van der Waals surface area contributed by atoms with Gasteiger partial charge in [0.05, 0.1) is 47.9 Å². The molecular formula is C38H50N8O6. The lowest BCUT2D eigenvalue weighted by Gasteiger charge is -2.28. The third kappa shape index (κ3) is 9.92. The first-order valence-corrected chi connectivity index (χ1v) is 17.5. The maximum Gasteiger partial charge on any atom is 0.411 e. The van der Waals surface area contributed by atoms with Crippen molar-refractivity contribution < 1.29 is 29.4 Å². The first-order valence-electron chi connectivity index (χ1n) is 17.5. The Labute approximate surface area is 303 Å². The van der Waals surface area contributed by atoms with Gasteiger partial charge in [0.25, 0.3) is 0 Å². The van der Waals surface area contributed by atoms with Crippen LogP contribution in [0.15, 0.2) is 60.9 Å². The third-order valence-corrected chi connectivity index (χ3v) is 8.92. The maximum atomic E-state index is 12.6. The zero-order chi connectivity index (χ0) is 38.3. The van der Waals surface area contributed by atoms with Gasteiger partial charge in [0.15, 0.2) is 0 Å². The first-order chi connectivity index (χ1) is 24.5. The number of aromatic amines is 2. The SMILES string of the molecule is CC(C)C(NC(c1ncc(-c2ccc(-c3ccc(-c4cnc([C@H](N[C@@H](C(=O)NC(=O)O)C(C)C)C(C)C)[nH]4)cc3)cc2)[nH]1)C(C)C)C(=O)NC(=O)O. The van der Waals surface area contributed by atoms with Crippen molar-refractivity contribution >= 4 is 24.0 Å². The molecule has 4 amide bonds. The number of H-pyrrole nitrogens is 2. The zero-order valence-electron chi connectivity index (χ0n) is 30.8. The highest BCUT2D eigenvalue weighted by Gasteiger charge is 2.31. The highest BCUT2D eigenvalue weighted by atomic mass is 16.4. The zero-order valence-corrected chi connectivity index (χ0v) is 30.8. The molecule has 0 aliphatic carbocycles. The van der Waals surface area contributed by atoms with Crippen LogP contribution in [0.3, 0.4) is 0 Å². The molecule has 2 aromatic carbocycles. The predicted octanol–water partition coefficient (Wildman–Crippen LogP) is 6.34. The Balaban J connectivity index is 1.47. The van der Waals surface area contributed by atoms with Crippen LogP contribution >= 0.6 is 0 Å². The van der Waals surface area contributed by atoms with Crippen molar-refractivity contribution in [2.45, 2.75) is 79.6 Å². The monoisotopic (exact) mass is 714 g/mol. The molecular weight excluding hydrogens is 664 g/mol. The third-order valence-electron chi connectivity index (χ3n) is 8.92. The molecule has 52 heavy (non-hydrogen) atoms. The molecule has 0 saturated carbocycles. The Kier molecular flexibility index (Phi) is 13.1. The van der Waals surface area contributed by atoms with Crippen LogP contribution in [0.25, 0.3) is 33.6 Å². The van der Waals surface area contributed by atoms with Crippen molar-refractivity contribution in [3.63, 3.8) is 0 Å². The number of rotatable bonds is 15. The summed E-state index contributed by atoms with van der Waals surface area (Å²) in [4.78, 5) is 63.3. The van der Waals surface area contributed by atoms with E-state index in [4.69, 9.17) is 10.2 Å². The molecule has 14 heteroatoms. The van der Waals surface area contributed by atoms with E-state index in [1.54, 1.807) is 12.4 Å². The number of hydrogen-bond acceptors (Lipinski definition) is 8. The minimum Gasteiger partial charge on any atom is -0.465 e. The lowest BCUT2D eigenvalue weighted by Crippen LogP contribution is -2.50. The highest BCUT2D eigenvalue weighted by molar-refractivity contribution is 5.94. The second-order valence-electron chi connectivity index (χ2n) is 14.3. The van der Waals surface area contributed by atoms with E-state index in [1.165, 1.54) is 0 Å². The molecule has 0 bridgehead atoms. The lowest BCUT2D eigenvalue weighted by atomic mass is 9.97. The highest BCUT2D eigenvalue weighted by Crippen LogP contribution is 2.30. The molecule has 0 fully saturated rings. The summed E-state index contributed by atoms with van der Waals surface area (Å²) in [5, 5.41) is 28.6. The van der Waals surface area contributed by atoms with Crippen LogP contribution in [0.1, 0.15) is 79.1 Å². The van der Waals surface area contributed by atoms with Crippen molar-refractivity contribution in [2.75, 3.05) is 0 Å². The molecule has 2 unspecified atom stereocenters. The molecule has 0 aliphatic heterocycles. The van der Waals surface area contributed by atoms with Gasteiger partial charge >= 0.3 is 12.2 Å². The molecule has 4 aromatic rings. The van der Waals surface area contributed by atoms with Crippen LogP contribution in [0.5, 0.6) is 0 Å². The Morgan fingerprint density at radius 3 is 1.10 bits per heavy atom. The van der Waals surface area contributed by atoms with E-state index in [1.807, 2.05) is 115 Å². The van der Waals surface area contributed by atoms with Crippen LogP contribution in [0.2, 0.25) is 0 Å². The number of carbonyl (C=O) groups excluding carboxylic acids is 2. The van der Waals surface area contributed by atoms with Crippen LogP contribution in [-0.2, 0) is 9.59 Å². The van der Waals surface area contributed by atoms with Crippen molar-refractivity contribution in [1.29, 1.82) is 0 Å². The quantitative estimate of drug-likeness (QED) is 0.0683. The number of nitrogens with one attached hydrogen (secondary N) is 6. The summed E-state index contributed by atoms with van der Waals surface area (Å²) < 4.78 is 0. The van der Waals surface area contributed by atoms with Gasteiger partial charge in [-0.05, 0) is 45.9 Å². The summed E-state index contributed by atoms with van der Waals surface area (Å²) in [5.41, 5.74) is 5.54. The molecule has 4 atom stereocenters. The molecule has 0 saturated heterocycles. The molecule has 4 rings (SSSR count). The second-order valence-corrected chi connectivity index (χ2v) is 14.3. The van der Waals surface area contributed by atoms with E-state index in [0.717, 1.165) is 33.6 Å².